The Morgan fingerprint density at radius 1 is 0.260 bits per heavy atom. The minimum absolute atomic E-state index is 1.24. The fourth-order valence-corrected chi connectivity index (χ4v) is 10.6. The molecule has 2 heteroatoms. The van der Waals surface area contributed by atoms with Gasteiger partial charge in [0.15, 0.2) is 0 Å². The first-order valence-corrected chi connectivity index (χ1v) is 18.7. The normalized spacial score (nSPS) is 12.0. The number of benzene rings is 9. The molecule has 0 amide bonds. The van der Waals surface area contributed by atoms with E-state index in [1.165, 1.54) is 106 Å². The lowest BCUT2D eigenvalue weighted by Gasteiger charge is -2.19. The van der Waals surface area contributed by atoms with Crippen LogP contribution in [0.15, 0.2) is 170 Å². The predicted octanol–water partition coefficient (Wildman–Crippen LogP) is 14.9. The zero-order chi connectivity index (χ0) is 32.8. The van der Waals surface area contributed by atoms with Crippen molar-refractivity contribution in [3.8, 4) is 33.4 Å². The van der Waals surface area contributed by atoms with E-state index in [1.54, 1.807) is 0 Å². The molecule has 2 aromatic heterocycles. The van der Waals surface area contributed by atoms with Crippen LogP contribution in [0.2, 0.25) is 0 Å². The van der Waals surface area contributed by atoms with Gasteiger partial charge < -0.3 is 0 Å². The highest BCUT2D eigenvalue weighted by Crippen LogP contribution is 2.49. The van der Waals surface area contributed by atoms with Gasteiger partial charge in [-0.25, -0.2) is 0 Å². The smallest absolute Gasteiger partial charge is 0.0362 e. The molecule has 9 aromatic carbocycles. The SMILES string of the molecule is c1ccc(-c2ccc(-c3c4ccccc4c(-c4ccc5c(c4)sc4ccc6sc7ccccc7c6c45)c4ccccc34)c3ccccc23)cc1. The van der Waals surface area contributed by atoms with Crippen LogP contribution in [0.1, 0.15) is 0 Å². The Bertz CT molecular complexity index is 3080. The summed E-state index contributed by atoms with van der Waals surface area (Å²) in [6, 6.07) is 63.0. The fourth-order valence-electron chi connectivity index (χ4n) is 8.35. The van der Waals surface area contributed by atoms with Crippen molar-refractivity contribution in [2.75, 3.05) is 0 Å². The molecule has 50 heavy (non-hydrogen) atoms. The van der Waals surface area contributed by atoms with Gasteiger partial charge in [-0.15, -0.1) is 22.7 Å². The van der Waals surface area contributed by atoms with Crippen molar-refractivity contribution in [2.45, 2.75) is 0 Å². The number of thiophene rings is 2. The van der Waals surface area contributed by atoms with Crippen LogP contribution < -0.4 is 0 Å². The summed E-state index contributed by atoms with van der Waals surface area (Å²) in [4.78, 5) is 0. The Morgan fingerprint density at radius 2 is 0.740 bits per heavy atom. The van der Waals surface area contributed by atoms with E-state index in [9.17, 15) is 0 Å². The maximum absolute atomic E-state index is 2.44. The second-order valence-corrected chi connectivity index (χ2v) is 15.3. The standard InChI is InChI=1S/C48H28S2/c1-2-12-29(13-3-1)31-24-25-38(33-15-5-4-14-32(31)33)46-36-18-8-6-16-34(36)45(35-17-7-9-19-37(35)46)30-22-23-40-44(28-30)50-43-27-26-42-47(48(40)43)39-20-10-11-21-41(39)49-42/h1-28H. The Hall–Kier alpha value is -5.80. The molecule has 0 saturated heterocycles. The summed E-state index contributed by atoms with van der Waals surface area (Å²) in [6.45, 7) is 0. The van der Waals surface area contributed by atoms with Crippen LogP contribution in [-0.2, 0) is 0 Å². The lowest BCUT2D eigenvalue weighted by Crippen LogP contribution is -1.92. The molecule has 11 rings (SSSR count). The third kappa shape index (κ3) is 4.04. The van der Waals surface area contributed by atoms with Crippen LogP contribution in [0.3, 0.4) is 0 Å². The van der Waals surface area contributed by atoms with E-state index in [1.807, 2.05) is 22.7 Å². The Kier molecular flexibility index (Phi) is 6.09. The minimum atomic E-state index is 1.24. The molecule has 0 nitrogen and oxygen atoms in total. The highest BCUT2D eigenvalue weighted by molar-refractivity contribution is 7.28. The number of rotatable bonds is 3. The molecule has 0 radical (unpaired) electrons. The van der Waals surface area contributed by atoms with Gasteiger partial charge in [0.25, 0.3) is 0 Å². The van der Waals surface area contributed by atoms with E-state index in [2.05, 4.69) is 170 Å². The molecule has 0 spiro atoms. The zero-order valence-electron chi connectivity index (χ0n) is 27.0. The van der Waals surface area contributed by atoms with Gasteiger partial charge in [-0.2, -0.15) is 0 Å². The summed E-state index contributed by atoms with van der Waals surface area (Å²) in [5, 5.41) is 13.2. The fraction of sp³-hybridized carbons (Fsp3) is 0. The van der Waals surface area contributed by atoms with Crippen molar-refractivity contribution in [2.24, 2.45) is 0 Å². The van der Waals surface area contributed by atoms with Crippen molar-refractivity contribution in [3.05, 3.63) is 170 Å². The molecule has 0 aliphatic heterocycles. The predicted molar refractivity (Wildman–Crippen MR) is 221 cm³/mol. The molecule has 0 unspecified atom stereocenters. The molecule has 0 fully saturated rings. The van der Waals surface area contributed by atoms with E-state index in [4.69, 9.17) is 0 Å². The second kappa shape index (κ2) is 10.9. The van der Waals surface area contributed by atoms with E-state index in [0.29, 0.717) is 0 Å². The van der Waals surface area contributed by atoms with E-state index >= 15 is 0 Å². The van der Waals surface area contributed by atoms with Gasteiger partial charge >= 0.3 is 0 Å². The summed E-state index contributed by atoms with van der Waals surface area (Å²) in [6.07, 6.45) is 0. The second-order valence-electron chi connectivity index (χ2n) is 13.1. The number of hydrogen-bond donors (Lipinski definition) is 0. The van der Waals surface area contributed by atoms with Crippen LogP contribution in [0, 0.1) is 0 Å². The largest absolute Gasteiger partial charge is 0.135 e. The molecule has 2 heterocycles. The van der Waals surface area contributed by atoms with Gasteiger partial charge in [0.05, 0.1) is 0 Å². The van der Waals surface area contributed by atoms with Crippen LogP contribution >= 0.6 is 22.7 Å². The molecular weight excluding hydrogens is 641 g/mol. The first kappa shape index (κ1) is 28.1. The van der Waals surface area contributed by atoms with Crippen molar-refractivity contribution in [1.29, 1.82) is 0 Å². The van der Waals surface area contributed by atoms with Crippen molar-refractivity contribution < 1.29 is 0 Å². The molecule has 0 bridgehead atoms. The first-order valence-electron chi connectivity index (χ1n) is 17.1. The quantitative estimate of drug-likeness (QED) is 0.164. The van der Waals surface area contributed by atoms with Crippen LogP contribution in [0.25, 0.3) is 106 Å². The number of hydrogen-bond acceptors (Lipinski definition) is 2. The average Bonchev–Trinajstić information content (AvgIpc) is 3.74. The zero-order valence-corrected chi connectivity index (χ0v) is 28.6. The third-order valence-corrected chi connectivity index (χ3v) is 12.7. The molecule has 0 saturated carbocycles. The molecule has 0 aliphatic rings. The minimum Gasteiger partial charge on any atom is -0.135 e. The Morgan fingerprint density at radius 3 is 1.40 bits per heavy atom. The molecular formula is C48H28S2. The summed E-state index contributed by atoms with van der Waals surface area (Å²) in [5.41, 5.74) is 7.63. The maximum atomic E-state index is 2.44. The third-order valence-electron chi connectivity index (χ3n) is 10.5. The van der Waals surface area contributed by atoms with Crippen LogP contribution in [0.5, 0.6) is 0 Å². The Balaban J connectivity index is 1.19. The molecule has 0 N–H and O–H groups in total. The molecule has 11 aromatic rings. The topological polar surface area (TPSA) is 0 Å². The average molecular weight is 669 g/mol. The maximum Gasteiger partial charge on any atom is 0.0362 e. The summed E-state index contributed by atoms with van der Waals surface area (Å²) < 4.78 is 5.40. The van der Waals surface area contributed by atoms with Gasteiger partial charge in [-0.3, -0.25) is 0 Å². The summed E-state index contributed by atoms with van der Waals surface area (Å²) >= 11 is 3.81. The van der Waals surface area contributed by atoms with Gasteiger partial charge in [-0.1, -0.05) is 146 Å². The van der Waals surface area contributed by atoms with Crippen LogP contribution in [-0.4, -0.2) is 0 Å². The lowest BCUT2D eigenvalue weighted by molar-refractivity contribution is 1.64. The summed E-state index contributed by atoms with van der Waals surface area (Å²) in [7, 11) is 0. The van der Waals surface area contributed by atoms with E-state index in [0.717, 1.165) is 0 Å². The lowest BCUT2D eigenvalue weighted by atomic mass is 9.83. The van der Waals surface area contributed by atoms with Crippen molar-refractivity contribution in [3.63, 3.8) is 0 Å². The van der Waals surface area contributed by atoms with E-state index < -0.39 is 0 Å². The first-order chi connectivity index (χ1) is 24.8. The summed E-state index contributed by atoms with van der Waals surface area (Å²) in [5.74, 6) is 0. The highest BCUT2D eigenvalue weighted by Gasteiger charge is 2.20. The van der Waals surface area contributed by atoms with Crippen molar-refractivity contribution >= 4 is 95.3 Å². The van der Waals surface area contributed by atoms with Crippen molar-refractivity contribution in [1.82, 2.24) is 0 Å². The molecule has 0 atom stereocenters. The van der Waals surface area contributed by atoms with Gasteiger partial charge in [0.2, 0.25) is 0 Å². The monoisotopic (exact) mass is 668 g/mol. The van der Waals surface area contributed by atoms with Gasteiger partial charge in [-0.05, 0) is 90.0 Å². The molecule has 0 aliphatic carbocycles. The molecule has 232 valence electrons. The van der Waals surface area contributed by atoms with Gasteiger partial charge in [0, 0.05) is 40.3 Å². The van der Waals surface area contributed by atoms with Crippen LogP contribution in [0.4, 0.5) is 0 Å². The van der Waals surface area contributed by atoms with E-state index in [-0.39, 0.29) is 0 Å². The highest BCUT2D eigenvalue weighted by atomic mass is 32.1. The number of fused-ring (bicyclic) bond motifs is 10. The van der Waals surface area contributed by atoms with Gasteiger partial charge in [0.1, 0.15) is 0 Å². The Labute approximate surface area is 297 Å².